The average Bonchev–Trinajstić information content (AvgIpc) is 1.88. The number of rotatable bonds is 5. The zero-order chi connectivity index (χ0) is 7.98. The lowest BCUT2D eigenvalue weighted by Crippen LogP contribution is -2.45. The number of amides is 1. The number of hydrogen-bond donors (Lipinski definition) is 4. The van der Waals surface area contributed by atoms with Gasteiger partial charge in [-0.25, -0.2) is 0 Å². The highest BCUT2D eigenvalue weighted by atomic mass is 16.1. The second-order valence-corrected chi connectivity index (χ2v) is 2.00. The fourth-order valence-corrected chi connectivity index (χ4v) is 0.460. The number of nitrogens with one attached hydrogen (secondary N) is 1. The highest BCUT2D eigenvalue weighted by molar-refractivity contribution is 5.79. The first kappa shape index (κ1) is 9.35. The van der Waals surface area contributed by atoms with E-state index < -0.39 is 11.9 Å². The maximum Gasteiger partial charge on any atom is 0.235 e. The predicted molar refractivity (Wildman–Crippen MR) is 39.1 cm³/mol. The topological polar surface area (TPSA) is 107 Å². The average molecular weight is 146 g/mol. The van der Waals surface area contributed by atoms with Gasteiger partial charge in [-0.05, 0) is 0 Å². The van der Waals surface area contributed by atoms with E-state index in [0.29, 0.717) is 19.6 Å². The third-order valence-electron chi connectivity index (χ3n) is 1.05. The lowest BCUT2D eigenvalue weighted by Gasteiger charge is -2.06. The summed E-state index contributed by atoms with van der Waals surface area (Å²) >= 11 is 0. The first-order valence-electron chi connectivity index (χ1n) is 3.14. The molecule has 0 aliphatic carbocycles. The van der Waals surface area contributed by atoms with Crippen LogP contribution in [0.5, 0.6) is 0 Å². The Balaban J connectivity index is 3.21. The molecule has 0 aromatic rings. The van der Waals surface area contributed by atoms with Gasteiger partial charge in [0.1, 0.15) is 0 Å². The molecular formula is C5H14N4O. The van der Waals surface area contributed by atoms with Gasteiger partial charge in [0.2, 0.25) is 5.91 Å². The molecule has 7 N–H and O–H groups in total. The van der Waals surface area contributed by atoms with Crippen molar-refractivity contribution in [2.24, 2.45) is 17.2 Å². The lowest BCUT2D eigenvalue weighted by atomic mass is 10.3. The quantitative estimate of drug-likeness (QED) is 0.318. The van der Waals surface area contributed by atoms with Crippen LogP contribution in [0.1, 0.15) is 0 Å². The van der Waals surface area contributed by atoms with Crippen molar-refractivity contribution in [3.8, 4) is 0 Å². The Kier molecular flexibility index (Phi) is 4.82. The summed E-state index contributed by atoms with van der Waals surface area (Å²) in [5.74, 6) is -0.496. The lowest BCUT2D eigenvalue weighted by molar-refractivity contribution is -0.119. The number of nitrogens with two attached hydrogens (primary N) is 3. The summed E-state index contributed by atoms with van der Waals surface area (Å²) in [6.07, 6.45) is 0. The molecular weight excluding hydrogens is 132 g/mol. The van der Waals surface area contributed by atoms with E-state index in [1.54, 1.807) is 0 Å². The van der Waals surface area contributed by atoms with Crippen molar-refractivity contribution >= 4 is 5.91 Å². The van der Waals surface area contributed by atoms with E-state index >= 15 is 0 Å². The van der Waals surface area contributed by atoms with E-state index in [4.69, 9.17) is 17.2 Å². The molecule has 1 amide bonds. The van der Waals surface area contributed by atoms with Crippen LogP contribution in [0.15, 0.2) is 0 Å². The number of primary amides is 1. The van der Waals surface area contributed by atoms with Gasteiger partial charge in [-0.3, -0.25) is 4.79 Å². The molecule has 10 heavy (non-hydrogen) atoms. The molecule has 0 rings (SSSR count). The van der Waals surface area contributed by atoms with Crippen molar-refractivity contribution in [2.45, 2.75) is 6.04 Å². The van der Waals surface area contributed by atoms with Gasteiger partial charge in [-0.2, -0.15) is 0 Å². The van der Waals surface area contributed by atoms with E-state index in [-0.39, 0.29) is 0 Å². The van der Waals surface area contributed by atoms with Gasteiger partial charge in [-0.15, -0.1) is 0 Å². The summed E-state index contributed by atoms with van der Waals surface area (Å²) in [5, 5.41) is 2.87. The predicted octanol–water partition coefficient (Wildman–Crippen LogP) is -2.65. The van der Waals surface area contributed by atoms with Crippen molar-refractivity contribution in [1.29, 1.82) is 0 Å². The summed E-state index contributed by atoms with van der Waals surface area (Å²) in [6.45, 7) is 1.58. The van der Waals surface area contributed by atoms with Crippen LogP contribution in [0.3, 0.4) is 0 Å². The minimum Gasteiger partial charge on any atom is -0.368 e. The van der Waals surface area contributed by atoms with E-state index in [0.717, 1.165) is 0 Å². The molecule has 1 atom stereocenters. The fraction of sp³-hybridized carbons (Fsp3) is 0.800. The first-order valence-corrected chi connectivity index (χ1v) is 3.14. The van der Waals surface area contributed by atoms with Crippen LogP contribution in [0.2, 0.25) is 0 Å². The van der Waals surface area contributed by atoms with Gasteiger partial charge >= 0.3 is 0 Å². The Morgan fingerprint density at radius 3 is 2.60 bits per heavy atom. The van der Waals surface area contributed by atoms with Gasteiger partial charge in [-0.1, -0.05) is 0 Å². The van der Waals surface area contributed by atoms with Crippen molar-refractivity contribution in [3.05, 3.63) is 0 Å². The van der Waals surface area contributed by atoms with Crippen molar-refractivity contribution in [1.82, 2.24) is 5.32 Å². The van der Waals surface area contributed by atoms with Crippen molar-refractivity contribution in [3.63, 3.8) is 0 Å². The Morgan fingerprint density at radius 1 is 1.60 bits per heavy atom. The number of carbonyl (C=O) groups is 1. The normalized spacial score (nSPS) is 13.0. The highest BCUT2D eigenvalue weighted by Crippen LogP contribution is 1.70. The molecule has 0 spiro atoms. The summed E-state index contributed by atoms with van der Waals surface area (Å²) in [5.41, 5.74) is 15.3. The second kappa shape index (κ2) is 5.16. The van der Waals surface area contributed by atoms with E-state index in [1.807, 2.05) is 0 Å². The van der Waals surface area contributed by atoms with Gasteiger partial charge in [0.15, 0.2) is 0 Å². The van der Waals surface area contributed by atoms with Gasteiger partial charge in [0.05, 0.1) is 6.04 Å². The molecule has 0 bridgehead atoms. The Hall–Kier alpha value is -0.650. The van der Waals surface area contributed by atoms with Gasteiger partial charge in [0.25, 0.3) is 0 Å². The number of carbonyl (C=O) groups excluding carboxylic acids is 1. The second-order valence-electron chi connectivity index (χ2n) is 2.00. The largest absolute Gasteiger partial charge is 0.368 e. The minimum atomic E-state index is -0.605. The molecule has 0 saturated carbocycles. The minimum absolute atomic E-state index is 0.395. The van der Waals surface area contributed by atoms with E-state index in [9.17, 15) is 4.79 Å². The van der Waals surface area contributed by atoms with Crippen LogP contribution >= 0.6 is 0 Å². The van der Waals surface area contributed by atoms with E-state index in [2.05, 4.69) is 5.32 Å². The zero-order valence-corrected chi connectivity index (χ0v) is 5.84. The first-order chi connectivity index (χ1) is 4.68. The molecule has 0 aromatic heterocycles. The summed E-state index contributed by atoms with van der Waals surface area (Å²) in [6, 6.07) is -0.605. The highest BCUT2D eigenvalue weighted by Gasteiger charge is 2.06. The SMILES string of the molecule is NCCNCC(N)C(N)=O. The molecule has 0 heterocycles. The van der Waals surface area contributed by atoms with E-state index in [1.165, 1.54) is 0 Å². The van der Waals surface area contributed by atoms with Crippen molar-refractivity contribution in [2.75, 3.05) is 19.6 Å². The smallest absolute Gasteiger partial charge is 0.235 e. The van der Waals surface area contributed by atoms with Crippen LogP contribution in [0, 0.1) is 0 Å². The van der Waals surface area contributed by atoms with Gasteiger partial charge in [0, 0.05) is 19.6 Å². The molecule has 0 aromatic carbocycles. The van der Waals surface area contributed by atoms with Crippen LogP contribution < -0.4 is 22.5 Å². The summed E-state index contributed by atoms with van der Waals surface area (Å²) < 4.78 is 0. The van der Waals surface area contributed by atoms with Crippen LogP contribution in [0.25, 0.3) is 0 Å². The third-order valence-corrected chi connectivity index (χ3v) is 1.05. The Morgan fingerprint density at radius 2 is 2.20 bits per heavy atom. The maximum atomic E-state index is 10.3. The molecule has 5 heteroatoms. The standard InChI is InChI=1S/C5H14N4O/c6-1-2-9-3-4(7)5(8)10/h4,9H,1-3,6-7H2,(H2,8,10). The van der Waals surface area contributed by atoms with Crippen LogP contribution in [-0.4, -0.2) is 31.6 Å². The molecule has 60 valence electrons. The molecule has 0 saturated heterocycles. The van der Waals surface area contributed by atoms with Crippen LogP contribution in [-0.2, 0) is 4.79 Å². The molecule has 0 radical (unpaired) electrons. The molecule has 0 fully saturated rings. The van der Waals surface area contributed by atoms with Crippen molar-refractivity contribution < 1.29 is 4.79 Å². The monoisotopic (exact) mass is 146 g/mol. The number of hydrogen-bond acceptors (Lipinski definition) is 4. The molecule has 5 nitrogen and oxygen atoms in total. The molecule has 1 unspecified atom stereocenters. The molecule has 0 aliphatic rings. The summed E-state index contributed by atoms with van der Waals surface area (Å²) in [7, 11) is 0. The van der Waals surface area contributed by atoms with Crippen LogP contribution in [0.4, 0.5) is 0 Å². The zero-order valence-electron chi connectivity index (χ0n) is 5.84. The summed E-state index contributed by atoms with van der Waals surface area (Å²) in [4.78, 5) is 10.3. The third kappa shape index (κ3) is 4.25. The maximum absolute atomic E-state index is 10.3. The Labute approximate surface area is 59.9 Å². The van der Waals surface area contributed by atoms with Gasteiger partial charge < -0.3 is 22.5 Å². The molecule has 0 aliphatic heterocycles. The fourth-order valence-electron chi connectivity index (χ4n) is 0.460. The Bertz CT molecular complexity index is 106.